The number of carbonyl (C=O) groups excluding carboxylic acids is 1. The lowest BCUT2D eigenvalue weighted by Gasteiger charge is -2.36. The molecule has 1 aliphatic rings. The largest absolute Gasteiger partial charge is 0.366 e. The fraction of sp³-hybridized carbons (Fsp3) is 0.250. The van der Waals surface area contributed by atoms with Crippen LogP contribution in [0.4, 0.5) is 10.1 Å². The molecule has 0 aliphatic carbocycles. The van der Waals surface area contributed by atoms with E-state index in [1.54, 1.807) is 27.8 Å². The number of rotatable bonds is 4. The summed E-state index contributed by atoms with van der Waals surface area (Å²) in [6, 6.07) is 14.4. The Labute approximate surface area is 189 Å². The van der Waals surface area contributed by atoms with Gasteiger partial charge in [-0.25, -0.2) is 14.1 Å². The van der Waals surface area contributed by atoms with Gasteiger partial charge in [0.1, 0.15) is 24.1 Å². The molecule has 3 heterocycles. The van der Waals surface area contributed by atoms with Crippen molar-refractivity contribution < 1.29 is 9.18 Å². The van der Waals surface area contributed by atoms with Crippen molar-refractivity contribution in [1.29, 1.82) is 0 Å². The lowest BCUT2D eigenvalue weighted by Crippen LogP contribution is -2.50. The van der Waals surface area contributed by atoms with E-state index in [0.29, 0.717) is 42.9 Å². The van der Waals surface area contributed by atoms with Crippen molar-refractivity contribution in [3.05, 3.63) is 82.8 Å². The maximum Gasteiger partial charge on any atom is 0.264 e. The van der Waals surface area contributed by atoms with Gasteiger partial charge in [0, 0.05) is 26.2 Å². The number of aryl methyl sites for hydroxylation is 1. The minimum atomic E-state index is -0.309. The van der Waals surface area contributed by atoms with Crippen LogP contribution < -0.4 is 10.5 Å². The van der Waals surface area contributed by atoms with Gasteiger partial charge in [-0.3, -0.25) is 14.2 Å². The van der Waals surface area contributed by atoms with Crippen LogP contribution in [0.15, 0.2) is 65.8 Å². The number of hydrogen-bond donors (Lipinski definition) is 0. The number of piperazine rings is 1. The number of aromatic nitrogens is 4. The molecule has 1 saturated heterocycles. The SMILES string of the molecule is Cc1ccc(-n2ncc3c(=O)n(CC(=O)N4CCN(c5ccccc5F)CC4)cnc32)cc1. The average molecular weight is 446 g/mol. The molecule has 9 heteroatoms. The molecule has 4 aromatic rings. The Morgan fingerprint density at radius 3 is 2.48 bits per heavy atom. The molecule has 0 spiro atoms. The van der Waals surface area contributed by atoms with Gasteiger partial charge < -0.3 is 9.80 Å². The summed E-state index contributed by atoms with van der Waals surface area (Å²) < 4.78 is 17.0. The van der Waals surface area contributed by atoms with Crippen LogP contribution in [-0.2, 0) is 11.3 Å². The van der Waals surface area contributed by atoms with Crippen LogP contribution in [0.25, 0.3) is 16.7 Å². The van der Waals surface area contributed by atoms with E-state index in [-0.39, 0.29) is 23.8 Å². The zero-order valence-corrected chi connectivity index (χ0v) is 18.2. The van der Waals surface area contributed by atoms with Crippen LogP contribution in [0.1, 0.15) is 5.56 Å². The zero-order chi connectivity index (χ0) is 22.9. The first-order valence-electron chi connectivity index (χ1n) is 10.8. The van der Waals surface area contributed by atoms with Crippen molar-refractivity contribution in [2.24, 2.45) is 0 Å². The summed E-state index contributed by atoms with van der Waals surface area (Å²) in [6.07, 6.45) is 2.88. The summed E-state index contributed by atoms with van der Waals surface area (Å²) in [4.78, 5) is 33.8. The summed E-state index contributed by atoms with van der Waals surface area (Å²) in [5.74, 6) is -0.438. The number of amides is 1. The van der Waals surface area contributed by atoms with Crippen LogP contribution >= 0.6 is 0 Å². The van der Waals surface area contributed by atoms with E-state index in [1.165, 1.54) is 23.2 Å². The summed E-state index contributed by atoms with van der Waals surface area (Å²) in [5.41, 5.74) is 2.62. The monoisotopic (exact) mass is 446 g/mol. The van der Waals surface area contributed by atoms with Crippen molar-refractivity contribution in [1.82, 2.24) is 24.2 Å². The highest BCUT2D eigenvalue weighted by Gasteiger charge is 2.23. The maximum atomic E-state index is 14.0. The molecule has 1 fully saturated rings. The smallest absolute Gasteiger partial charge is 0.264 e. The predicted octanol–water partition coefficient (Wildman–Crippen LogP) is 2.38. The highest BCUT2D eigenvalue weighted by atomic mass is 19.1. The van der Waals surface area contributed by atoms with E-state index in [4.69, 9.17) is 0 Å². The minimum absolute atomic E-state index is 0.100. The Kier molecular flexibility index (Phi) is 5.37. The van der Waals surface area contributed by atoms with Gasteiger partial charge in [0.05, 0.1) is 17.6 Å². The Balaban J connectivity index is 1.30. The first-order valence-corrected chi connectivity index (χ1v) is 10.8. The number of anilines is 1. The van der Waals surface area contributed by atoms with Crippen molar-refractivity contribution in [2.45, 2.75) is 13.5 Å². The molecular formula is C24H23FN6O2. The molecule has 2 aromatic carbocycles. The molecule has 1 amide bonds. The Morgan fingerprint density at radius 1 is 1.03 bits per heavy atom. The molecule has 5 rings (SSSR count). The van der Waals surface area contributed by atoms with E-state index < -0.39 is 0 Å². The highest BCUT2D eigenvalue weighted by molar-refractivity contribution is 5.78. The molecule has 168 valence electrons. The summed E-state index contributed by atoms with van der Waals surface area (Å²) in [5, 5.41) is 4.68. The van der Waals surface area contributed by atoms with Crippen molar-refractivity contribution in [2.75, 3.05) is 31.1 Å². The Bertz CT molecular complexity index is 1370. The first-order chi connectivity index (χ1) is 16.0. The average Bonchev–Trinajstić information content (AvgIpc) is 3.27. The summed E-state index contributed by atoms with van der Waals surface area (Å²) >= 11 is 0. The molecular weight excluding hydrogens is 423 g/mol. The second-order valence-corrected chi connectivity index (χ2v) is 8.13. The molecule has 0 saturated carbocycles. The van der Waals surface area contributed by atoms with E-state index >= 15 is 0 Å². The third kappa shape index (κ3) is 3.97. The first kappa shape index (κ1) is 20.9. The van der Waals surface area contributed by atoms with Crippen LogP contribution in [-0.4, -0.2) is 56.3 Å². The number of benzene rings is 2. The van der Waals surface area contributed by atoms with E-state index in [2.05, 4.69) is 10.1 Å². The summed E-state index contributed by atoms with van der Waals surface area (Å²) in [7, 11) is 0. The molecule has 33 heavy (non-hydrogen) atoms. The minimum Gasteiger partial charge on any atom is -0.366 e. The standard InChI is InChI=1S/C24H23FN6O2/c1-17-6-8-18(9-7-17)31-23-19(14-27-31)24(33)30(16-26-23)15-22(32)29-12-10-28(11-13-29)21-5-3-2-4-20(21)25/h2-9,14,16H,10-13,15H2,1H3. The van der Waals surface area contributed by atoms with Crippen LogP contribution in [0.2, 0.25) is 0 Å². The lowest BCUT2D eigenvalue weighted by molar-refractivity contribution is -0.132. The molecule has 2 aromatic heterocycles. The van der Waals surface area contributed by atoms with Gasteiger partial charge in [0.15, 0.2) is 5.65 Å². The van der Waals surface area contributed by atoms with Gasteiger partial charge in [-0.05, 0) is 31.2 Å². The molecule has 1 aliphatic heterocycles. The van der Waals surface area contributed by atoms with Crippen molar-refractivity contribution in [3.8, 4) is 5.69 Å². The second kappa shape index (κ2) is 8.50. The van der Waals surface area contributed by atoms with Crippen LogP contribution in [0.5, 0.6) is 0 Å². The highest BCUT2D eigenvalue weighted by Crippen LogP contribution is 2.20. The quantitative estimate of drug-likeness (QED) is 0.481. The zero-order valence-electron chi connectivity index (χ0n) is 18.2. The van der Waals surface area contributed by atoms with Crippen LogP contribution in [0.3, 0.4) is 0 Å². The van der Waals surface area contributed by atoms with Gasteiger partial charge in [-0.2, -0.15) is 5.10 Å². The van der Waals surface area contributed by atoms with E-state index in [0.717, 1.165) is 11.3 Å². The predicted molar refractivity (Wildman–Crippen MR) is 123 cm³/mol. The van der Waals surface area contributed by atoms with Gasteiger partial charge in [0.2, 0.25) is 5.91 Å². The topological polar surface area (TPSA) is 76.3 Å². The van der Waals surface area contributed by atoms with Crippen molar-refractivity contribution in [3.63, 3.8) is 0 Å². The van der Waals surface area contributed by atoms with Gasteiger partial charge >= 0.3 is 0 Å². The van der Waals surface area contributed by atoms with E-state index in [9.17, 15) is 14.0 Å². The van der Waals surface area contributed by atoms with Gasteiger partial charge in [0.25, 0.3) is 5.56 Å². The van der Waals surface area contributed by atoms with Gasteiger partial charge in [-0.15, -0.1) is 0 Å². The molecule has 0 radical (unpaired) electrons. The number of fused-ring (bicyclic) bond motifs is 1. The summed E-state index contributed by atoms with van der Waals surface area (Å²) in [6.45, 7) is 3.88. The number of hydrogen-bond acceptors (Lipinski definition) is 5. The maximum absolute atomic E-state index is 14.0. The Morgan fingerprint density at radius 2 is 1.76 bits per heavy atom. The fourth-order valence-corrected chi connectivity index (χ4v) is 4.09. The third-order valence-corrected chi connectivity index (χ3v) is 5.96. The molecule has 8 nitrogen and oxygen atoms in total. The Hall–Kier alpha value is -4.01. The lowest BCUT2D eigenvalue weighted by atomic mass is 10.2. The molecule has 0 unspecified atom stereocenters. The number of halogens is 1. The fourth-order valence-electron chi connectivity index (χ4n) is 4.09. The number of carbonyl (C=O) groups is 1. The van der Waals surface area contributed by atoms with Gasteiger partial charge in [-0.1, -0.05) is 29.8 Å². The van der Waals surface area contributed by atoms with Crippen molar-refractivity contribution >= 4 is 22.6 Å². The number of para-hydroxylation sites is 1. The molecule has 0 bridgehead atoms. The molecule has 0 N–H and O–H groups in total. The second-order valence-electron chi connectivity index (χ2n) is 8.13. The normalized spacial score (nSPS) is 14.1. The third-order valence-electron chi connectivity index (χ3n) is 5.96. The number of nitrogens with zero attached hydrogens (tertiary/aromatic N) is 6. The van der Waals surface area contributed by atoms with Crippen LogP contribution in [0, 0.1) is 12.7 Å². The molecule has 0 atom stereocenters. The van der Waals surface area contributed by atoms with E-state index in [1.807, 2.05) is 36.1 Å².